The fourth-order valence-electron chi connectivity index (χ4n) is 1.80. The van der Waals surface area contributed by atoms with Gasteiger partial charge in [0.1, 0.15) is 0 Å². The lowest BCUT2D eigenvalue weighted by Crippen LogP contribution is -2.23. The molecule has 0 bridgehead atoms. The molecule has 0 radical (unpaired) electrons. The van der Waals surface area contributed by atoms with Crippen LogP contribution in [0.25, 0.3) is 0 Å². The zero-order valence-corrected chi connectivity index (χ0v) is 21.2. The third-order valence-electron chi connectivity index (χ3n) is 3.43. The first-order valence-electron chi connectivity index (χ1n) is 11.5. The van der Waals surface area contributed by atoms with E-state index in [2.05, 4.69) is 9.47 Å². The molecule has 0 aliphatic rings. The Balaban J connectivity index is 0. The smallest absolute Gasteiger partial charge is 0.417 e. The maximum Gasteiger partial charge on any atom is 0.417 e. The summed E-state index contributed by atoms with van der Waals surface area (Å²) in [6, 6.07) is 0. The molecule has 8 heteroatoms. The van der Waals surface area contributed by atoms with Gasteiger partial charge in [-0.15, -0.1) is 0 Å². The van der Waals surface area contributed by atoms with Crippen molar-refractivity contribution in [2.45, 2.75) is 81.1 Å². The SMILES string of the molecule is CC(C)COC(=O)C(=O)OCC(C)C.CC(C)COC(=O)CCCCC(=O)OCC(C)C. The summed E-state index contributed by atoms with van der Waals surface area (Å²) in [5.74, 6) is -1.01. The summed E-state index contributed by atoms with van der Waals surface area (Å²) in [4.78, 5) is 44.5. The van der Waals surface area contributed by atoms with Crippen molar-refractivity contribution in [3.05, 3.63) is 0 Å². The first-order chi connectivity index (χ1) is 14.8. The Morgan fingerprint density at radius 1 is 0.469 bits per heavy atom. The fraction of sp³-hybridized carbons (Fsp3) is 0.833. The van der Waals surface area contributed by atoms with Crippen molar-refractivity contribution in [3.63, 3.8) is 0 Å². The largest absolute Gasteiger partial charge is 0.465 e. The molecule has 0 fully saturated rings. The Labute approximate surface area is 193 Å². The Morgan fingerprint density at radius 2 is 0.719 bits per heavy atom. The van der Waals surface area contributed by atoms with Crippen molar-refractivity contribution in [3.8, 4) is 0 Å². The summed E-state index contributed by atoms with van der Waals surface area (Å²) in [7, 11) is 0. The maximum absolute atomic E-state index is 11.3. The van der Waals surface area contributed by atoms with Gasteiger partial charge in [0.05, 0.1) is 26.4 Å². The third kappa shape index (κ3) is 24.2. The molecule has 0 aromatic rings. The van der Waals surface area contributed by atoms with Crippen LogP contribution in [-0.4, -0.2) is 50.3 Å². The van der Waals surface area contributed by atoms with Gasteiger partial charge < -0.3 is 18.9 Å². The van der Waals surface area contributed by atoms with E-state index < -0.39 is 11.9 Å². The molecule has 0 rings (SSSR count). The van der Waals surface area contributed by atoms with Crippen molar-refractivity contribution >= 4 is 23.9 Å². The highest BCUT2D eigenvalue weighted by atomic mass is 16.6. The number of rotatable bonds is 13. The average Bonchev–Trinajstić information content (AvgIpc) is 2.70. The van der Waals surface area contributed by atoms with Crippen LogP contribution in [0.4, 0.5) is 0 Å². The molecule has 32 heavy (non-hydrogen) atoms. The number of hydrogen-bond donors (Lipinski definition) is 0. The summed E-state index contributed by atoms with van der Waals surface area (Å²) < 4.78 is 19.4. The minimum Gasteiger partial charge on any atom is -0.465 e. The molecule has 8 nitrogen and oxygen atoms in total. The van der Waals surface area contributed by atoms with E-state index in [1.54, 1.807) is 0 Å². The molecule has 0 heterocycles. The van der Waals surface area contributed by atoms with E-state index >= 15 is 0 Å². The van der Waals surface area contributed by atoms with E-state index in [1.165, 1.54) is 0 Å². The average molecular weight is 461 g/mol. The highest BCUT2D eigenvalue weighted by Crippen LogP contribution is 2.05. The van der Waals surface area contributed by atoms with Crippen LogP contribution < -0.4 is 0 Å². The summed E-state index contributed by atoms with van der Waals surface area (Å²) in [6.45, 7) is 17.0. The molecule has 0 aromatic carbocycles. The molecule has 0 saturated heterocycles. The molecule has 0 amide bonds. The maximum atomic E-state index is 11.3. The molecule has 188 valence electrons. The first kappa shape index (κ1) is 32.1. The molecule has 0 aliphatic carbocycles. The zero-order valence-electron chi connectivity index (χ0n) is 21.2. The second-order valence-electron chi connectivity index (χ2n) is 9.35. The lowest BCUT2D eigenvalue weighted by atomic mass is 10.2. The first-order valence-corrected chi connectivity index (χ1v) is 11.5. The zero-order chi connectivity index (χ0) is 25.1. The van der Waals surface area contributed by atoms with Gasteiger partial charge in [0.15, 0.2) is 0 Å². The van der Waals surface area contributed by atoms with Crippen LogP contribution in [0.15, 0.2) is 0 Å². The Morgan fingerprint density at radius 3 is 0.969 bits per heavy atom. The highest BCUT2D eigenvalue weighted by Gasteiger charge is 2.17. The van der Waals surface area contributed by atoms with Crippen LogP contribution >= 0.6 is 0 Å². The van der Waals surface area contributed by atoms with E-state index in [-0.39, 0.29) is 37.0 Å². The van der Waals surface area contributed by atoms with Crippen LogP contribution in [0.1, 0.15) is 81.1 Å². The van der Waals surface area contributed by atoms with E-state index in [1.807, 2.05) is 55.4 Å². The van der Waals surface area contributed by atoms with Crippen LogP contribution in [0.3, 0.4) is 0 Å². The lowest BCUT2D eigenvalue weighted by Gasteiger charge is -2.08. The van der Waals surface area contributed by atoms with Gasteiger partial charge in [0.25, 0.3) is 0 Å². The van der Waals surface area contributed by atoms with E-state index in [0.29, 0.717) is 50.7 Å². The number of hydrogen-bond acceptors (Lipinski definition) is 8. The van der Waals surface area contributed by atoms with Crippen LogP contribution in [-0.2, 0) is 38.1 Å². The quantitative estimate of drug-likeness (QED) is 0.173. The number of unbranched alkanes of at least 4 members (excludes halogenated alkanes) is 1. The van der Waals surface area contributed by atoms with Gasteiger partial charge >= 0.3 is 23.9 Å². The van der Waals surface area contributed by atoms with Crippen molar-refractivity contribution in [2.24, 2.45) is 23.7 Å². The molecule has 0 atom stereocenters. The summed E-state index contributed by atoms with van der Waals surface area (Å²) in [5, 5.41) is 0. The van der Waals surface area contributed by atoms with Gasteiger partial charge in [-0.3, -0.25) is 9.59 Å². The summed E-state index contributed by atoms with van der Waals surface area (Å²) in [5.41, 5.74) is 0. The minimum atomic E-state index is -0.903. The van der Waals surface area contributed by atoms with Gasteiger partial charge in [-0.25, -0.2) is 9.59 Å². The van der Waals surface area contributed by atoms with Crippen LogP contribution in [0.2, 0.25) is 0 Å². The van der Waals surface area contributed by atoms with Gasteiger partial charge in [-0.2, -0.15) is 0 Å². The number of carbonyl (C=O) groups excluding carboxylic acids is 4. The summed E-state index contributed by atoms with van der Waals surface area (Å²) in [6.07, 6.45) is 2.11. The van der Waals surface area contributed by atoms with Crippen LogP contribution in [0, 0.1) is 23.7 Å². The highest BCUT2D eigenvalue weighted by molar-refractivity contribution is 6.29. The van der Waals surface area contributed by atoms with Crippen LogP contribution in [0.5, 0.6) is 0 Å². The van der Waals surface area contributed by atoms with Gasteiger partial charge in [-0.05, 0) is 36.5 Å². The van der Waals surface area contributed by atoms with Gasteiger partial charge in [0, 0.05) is 12.8 Å². The lowest BCUT2D eigenvalue weighted by molar-refractivity contribution is -0.168. The molecular formula is C24H44O8. The Kier molecular flexibility index (Phi) is 19.6. The molecule has 0 saturated carbocycles. The topological polar surface area (TPSA) is 105 Å². The molecule has 0 spiro atoms. The van der Waals surface area contributed by atoms with Crippen molar-refractivity contribution in [1.29, 1.82) is 0 Å². The van der Waals surface area contributed by atoms with Gasteiger partial charge in [-0.1, -0.05) is 55.4 Å². The van der Waals surface area contributed by atoms with Crippen molar-refractivity contribution < 1.29 is 38.1 Å². The van der Waals surface area contributed by atoms with E-state index in [0.717, 1.165) is 0 Å². The summed E-state index contributed by atoms with van der Waals surface area (Å²) >= 11 is 0. The number of esters is 4. The molecular weight excluding hydrogens is 416 g/mol. The molecule has 0 unspecified atom stereocenters. The van der Waals surface area contributed by atoms with E-state index in [9.17, 15) is 19.2 Å². The van der Waals surface area contributed by atoms with Crippen molar-refractivity contribution in [2.75, 3.05) is 26.4 Å². The normalized spacial score (nSPS) is 10.6. The Bertz CT molecular complexity index is 490. The second kappa shape index (κ2) is 19.6. The predicted molar refractivity (Wildman–Crippen MR) is 122 cm³/mol. The monoisotopic (exact) mass is 460 g/mol. The molecule has 0 aromatic heterocycles. The minimum absolute atomic E-state index is 0.181. The number of ether oxygens (including phenoxy) is 4. The van der Waals surface area contributed by atoms with Gasteiger partial charge in [0.2, 0.25) is 0 Å². The Hall–Kier alpha value is -2.12. The second-order valence-corrected chi connectivity index (χ2v) is 9.35. The fourth-order valence-corrected chi connectivity index (χ4v) is 1.80. The number of carbonyl (C=O) groups is 4. The molecule has 0 N–H and O–H groups in total. The standard InChI is InChI=1S/C14H26O4.C10H18O4/c1-11(2)9-17-13(15)7-5-6-8-14(16)18-10-12(3)4;1-7(2)5-13-9(11)10(12)14-6-8(3)4/h11-12H,5-10H2,1-4H3;7-8H,5-6H2,1-4H3. The van der Waals surface area contributed by atoms with Crippen molar-refractivity contribution in [1.82, 2.24) is 0 Å². The molecule has 0 aliphatic heterocycles. The third-order valence-corrected chi connectivity index (χ3v) is 3.43. The van der Waals surface area contributed by atoms with E-state index in [4.69, 9.17) is 9.47 Å². The predicted octanol–water partition coefficient (Wildman–Crippen LogP) is 4.33.